The quantitative estimate of drug-likeness (QED) is 0.414. The lowest BCUT2D eigenvalue weighted by molar-refractivity contribution is -0.138. The van der Waals surface area contributed by atoms with Gasteiger partial charge in [-0.2, -0.15) is 12.6 Å². The van der Waals surface area contributed by atoms with E-state index in [-0.39, 0.29) is 0 Å². The first-order valence-corrected chi connectivity index (χ1v) is 4.20. The van der Waals surface area contributed by atoms with Crippen molar-refractivity contribution in [1.29, 1.82) is 0 Å². The van der Waals surface area contributed by atoms with Gasteiger partial charge in [-0.15, -0.1) is 0 Å². The SMILES string of the molecule is CSNC(CS)C(=O)O. The third-order valence-corrected chi connectivity index (χ3v) is 1.63. The predicted molar refractivity (Wildman–Crippen MR) is 41.9 cm³/mol. The van der Waals surface area contributed by atoms with Crippen molar-refractivity contribution < 1.29 is 9.90 Å². The zero-order valence-corrected chi connectivity index (χ0v) is 6.71. The van der Waals surface area contributed by atoms with Crippen molar-refractivity contribution in [3.8, 4) is 0 Å². The van der Waals surface area contributed by atoms with E-state index in [9.17, 15) is 4.79 Å². The molecule has 1 unspecified atom stereocenters. The van der Waals surface area contributed by atoms with Crippen LogP contribution in [0, 0.1) is 0 Å². The zero-order valence-electron chi connectivity index (χ0n) is 5.00. The van der Waals surface area contributed by atoms with Crippen LogP contribution in [0.5, 0.6) is 0 Å². The molecule has 0 radical (unpaired) electrons. The Labute approximate surface area is 63.8 Å². The Balaban J connectivity index is 3.54. The molecule has 2 N–H and O–H groups in total. The highest BCUT2D eigenvalue weighted by Gasteiger charge is 2.12. The highest BCUT2D eigenvalue weighted by molar-refractivity contribution is 7.96. The molecule has 0 aliphatic heterocycles. The Bertz CT molecular complexity index is 98.6. The molecule has 0 saturated heterocycles. The summed E-state index contributed by atoms with van der Waals surface area (Å²) in [6.45, 7) is 0. The number of thiol groups is 1. The molecule has 0 aliphatic rings. The molecule has 54 valence electrons. The summed E-state index contributed by atoms with van der Waals surface area (Å²) in [4.78, 5) is 10.2. The molecule has 0 fully saturated rings. The van der Waals surface area contributed by atoms with Gasteiger partial charge < -0.3 is 5.11 Å². The minimum atomic E-state index is -0.862. The Morgan fingerprint density at radius 1 is 2.00 bits per heavy atom. The van der Waals surface area contributed by atoms with Crippen LogP contribution in [0.25, 0.3) is 0 Å². The third kappa shape index (κ3) is 3.66. The Morgan fingerprint density at radius 2 is 2.56 bits per heavy atom. The van der Waals surface area contributed by atoms with E-state index in [0.717, 1.165) is 0 Å². The van der Waals surface area contributed by atoms with Gasteiger partial charge >= 0.3 is 5.97 Å². The lowest BCUT2D eigenvalue weighted by Crippen LogP contribution is -2.33. The van der Waals surface area contributed by atoms with E-state index in [0.29, 0.717) is 5.75 Å². The summed E-state index contributed by atoms with van der Waals surface area (Å²) in [5, 5.41) is 8.38. The zero-order chi connectivity index (χ0) is 7.28. The minimum absolute atomic E-state index is 0.316. The Morgan fingerprint density at radius 3 is 2.67 bits per heavy atom. The van der Waals surface area contributed by atoms with Gasteiger partial charge in [0.15, 0.2) is 0 Å². The Hall–Kier alpha value is 0.130. The molecule has 0 rings (SSSR count). The molecule has 3 nitrogen and oxygen atoms in total. The fourth-order valence-corrected chi connectivity index (χ4v) is 1.15. The second-order valence-corrected chi connectivity index (χ2v) is 2.40. The summed E-state index contributed by atoms with van der Waals surface area (Å²) in [6, 6.07) is -0.539. The summed E-state index contributed by atoms with van der Waals surface area (Å²) < 4.78 is 2.67. The fourth-order valence-electron chi connectivity index (χ4n) is 0.308. The van der Waals surface area contributed by atoms with Crippen molar-refractivity contribution in [3.63, 3.8) is 0 Å². The van der Waals surface area contributed by atoms with Gasteiger partial charge in [-0.1, -0.05) is 11.9 Å². The summed E-state index contributed by atoms with van der Waals surface area (Å²) in [5.41, 5.74) is 0. The fraction of sp³-hybridized carbons (Fsp3) is 0.750. The van der Waals surface area contributed by atoms with Crippen LogP contribution in [0.15, 0.2) is 0 Å². The van der Waals surface area contributed by atoms with Crippen molar-refractivity contribution in [1.82, 2.24) is 4.72 Å². The average Bonchev–Trinajstić information content (AvgIpc) is 1.82. The van der Waals surface area contributed by atoms with E-state index in [1.165, 1.54) is 11.9 Å². The number of aliphatic carboxylic acids is 1. The maximum absolute atomic E-state index is 10.2. The molecule has 5 heteroatoms. The van der Waals surface area contributed by atoms with Crippen molar-refractivity contribution >= 4 is 30.5 Å². The highest BCUT2D eigenvalue weighted by atomic mass is 32.2. The van der Waals surface area contributed by atoms with Crippen LogP contribution in [0.3, 0.4) is 0 Å². The van der Waals surface area contributed by atoms with Crippen LogP contribution in [-0.4, -0.2) is 29.1 Å². The first kappa shape index (κ1) is 9.13. The van der Waals surface area contributed by atoms with Gasteiger partial charge in [-0.3, -0.25) is 4.79 Å². The van der Waals surface area contributed by atoms with Gasteiger partial charge in [0.25, 0.3) is 0 Å². The largest absolute Gasteiger partial charge is 0.480 e. The van der Waals surface area contributed by atoms with Gasteiger partial charge in [-0.05, 0) is 6.26 Å². The summed E-state index contributed by atoms with van der Waals surface area (Å²) in [6.07, 6.45) is 1.78. The molecule has 0 amide bonds. The second-order valence-electron chi connectivity index (χ2n) is 1.40. The van der Waals surface area contributed by atoms with E-state index in [1.807, 2.05) is 0 Å². The molecule has 0 spiro atoms. The van der Waals surface area contributed by atoms with Gasteiger partial charge in [0, 0.05) is 5.75 Å². The van der Waals surface area contributed by atoms with Crippen LogP contribution < -0.4 is 4.72 Å². The molecule has 0 aliphatic carbocycles. The number of hydrogen-bond donors (Lipinski definition) is 3. The molecule has 9 heavy (non-hydrogen) atoms. The monoisotopic (exact) mass is 167 g/mol. The normalized spacial score (nSPS) is 13.1. The topological polar surface area (TPSA) is 49.3 Å². The smallest absolute Gasteiger partial charge is 0.322 e. The van der Waals surface area contributed by atoms with Crippen molar-refractivity contribution in [2.45, 2.75) is 6.04 Å². The molecule has 1 atom stereocenters. The van der Waals surface area contributed by atoms with Crippen LogP contribution in [0.1, 0.15) is 0 Å². The summed E-state index contributed by atoms with van der Waals surface area (Å²) in [5.74, 6) is -0.546. The van der Waals surface area contributed by atoms with E-state index < -0.39 is 12.0 Å². The van der Waals surface area contributed by atoms with E-state index >= 15 is 0 Å². The predicted octanol–water partition coefficient (Wildman–Crippen LogP) is 0.237. The Kier molecular flexibility index (Phi) is 5.03. The number of rotatable bonds is 4. The van der Waals surface area contributed by atoms with E-state index in [2.05, 4.69) is 17.4 Å². The van der Waals surface area contributed by atoms with Crippen molar-refractivity contribution in [3.05, 3.63) is 0 Å². The van der Waals surface area contributed by atoms with Crippen LogP contribution in [0.4, 0.5) is 0 Å². The van der Waals surface area contributed by atoms with Gasteiger partial charge in [0.1, 0.15) is 6.04 Å². The second kappa shape index (κ2) is 4.96. The van der Waals surface area contributed by atoms with Crippen molar-refractivity contribution in [2.75, 3.05) is 12.0 Å². The molecule has 0 saturated carbocycles. The maximum Gasteiger partial charge on any atom is 0.322 e. The van der Waals surface area contributed by atoms with Crippen LogP contribution in [-0.2, 0) is 4.79 Å². The maximum atomic E-state index is 10.2. The lowest BCUT2D eigenvalue weighted by atomic mass is 10.4. The van der Waals surface area contributed by atoms with E-state index in [4.69, 9.17) is 5.11 Å². The van der Waals surface area contributed by atoms with E-state index in [1.54, 1.807) is 6.26 Å². The number of hydrogen-bond acceptors (Lipinski definition) is 4. The third-order valence-electron chi connectivity index (χ3n) is 0.741. The number of carboxylic acid groups (broad SMARTS) is 1. The molecule has 0 bridgehead atoms. The molecule has 0 aromatic heterocycles. The minimum Gasteiger partial charge on any atom is -0.480 e. The average molecular weight is 167 g/mol. The van der Waals surface area contributed by atoms with Gasteiger partial charge in [0.05, 0.1) is 0 Å². The number of carboxylic acids is 1. The molecule has 0 aromatic rings. The lowest BCUT2D eigenvalue weighted by Gasteiger charge is -2.06. The first-order chi connectivity index (χ1) is 4.22. The van der Waals surface area contributed by atoms with Crippen LogP contribution >= 0.6 is 24.6 Å². The van der Waals surface area contributed by atoms with Crippen LogP contribution in [0.2, 0.25) is 0 Å². The highest BCUT2D eigenvalue weighted by Crippen LogP contribution is 1.93. The van der Waals surface area contributed by atoms with Crippen molar-refractivity contribution in [2.24, 2.45) is 0 Å². The number of carbonyl (C=O) groups is 1. The summed E-state index contributed by atoms with van der Waals surface area (Å²) >= 11 is 5.12. The summed E-state index contributed by atoms with van der Waals surface area (Å²) in [7, 11) is 0. The number of nitrogens with one attached hydrogen (secondary N) is 1. The first-order valence-electron chi connectivity index (χ1n) is 2.34. The molecular formula is C4H9NO2S2. The van der Waals surface area contributed by atoms with Gasteiger partial charge in [0.2, 0.25) is 0 Å². The molecule has 0 aromatic carbocycles. The molecule has 0 heterocycles. The standard InChI is InChI=1S/C4H9NO2S2/c1-9-5-3(2-8)4(6)7/h3,5,8H,2H2,1H3,(H,6,7). The van der Waals surface area contributed by atoms with Gasteiger partial charge in [-0.25, -0.2) is 4.72 Å². The molecular weight excluding hydrogens is 158 g/mol.